The van der Waals surface area contributed by atoms with Crippen molar-refractivity contribution < 1.29 is 28.4 Å². The fourth-order valence-corrected chi connectivity index (χ4v) is 8.32. The van der Waals surface area contributed by atoms with E-state index in [9.17, 15) is 9.59 Å². The van der Waals surface area contributed by atoms with E-state index in [4.69, 9.17) is 23.8 Å². The Morgan fingerprint density at radius 3 is 2.55 bits per heavy atom. The first kappa shape index (κ1) is 32.1. The van der Waals surface area contributed by atoms with Crippen molar-refractivity contribution in [2.45, 2.75) is 103 Å². The molecule has 11 heteroatoms. The van der Waals surface area contributed by atoms with Gasteiger partial charge in [-0.3, -0.25) is 4.79 Å². The lowest BCUT2D eigenvalue weighted by atomic mass is 9.77. The molecule has 8 rings (SSSR count). The van der Waals surface area contributed by atoms with Crippen molar-refractivity contribution in [3.05, 3.63) is 53.9 Å². The molecule has 2 N–H and O–H groups in total. The van der Waals surface area contributed by atoms with Gasteiger partial charge >= 0.3 is 13.2 Å². The topological polar surface area (TPSA) is 115 Å². The molecule has 1 aromatic heterocycles. The van der Waals surface area contributed by atoms with Crippen molar-refractivity contribution in [3.8, 4) is 16.9 Å². The Morgan fingerprint density at radius 1 is 1.04 bits per heavy atom. The Hall–Kier alpha value is -4.09. The van der Waals surface area contributed by atoms with Crippen LogP contribution in [0, 0.1) is 11.8 Å². The highest BCUT2D eigenvalue weighted by molar-refractivity contribution is 6.62. The Labute approximate surface area is 287 Å². The summed E-state index contributed by atoms with van der Waals surface area (Å²) in [5.74, 6) is 1.84. The number of methoxy groups -OCH3 is 1. The smallest absolute Gasteiger partial charge is 0.488 e. The summed E-state index contributed by atoms with van der Waals surface area (Å²) in [7, 11) is 0.892. The number of carbonyl (C=O) groups is 2. The highest BCUT2D eigenvalue weighted by Gasteiger charge is 2.52. The van der Waals surface area contributed by atoms with Crippen molar-refractivity contribution >= 4 is 46.4 Å². The Balaban J connectivity index is 1.13. The largest absolute Gasteiger partial charge is 0.494 e. The van der Waals surface area contributed by atoms with Gasteiger partial charge in [-0.1, -0.05) is 44.5 Å². The molecule has 0 radical (unpaired) electrons. The molecule has 0 spiro atoms. The molecular formula is C38H45BN4O6. The summed E-state index contributed by atoms with van der Waals surface area (Å²) >= 11 is 0. The molecule has 49 heavy (non-hydrogen) atoms. The first-order valence-electron chi connectivity index (χ1n) is 17.6. The quantitative estimate of drug-likeness (QED) is 0.238. The number of likely N-dealkylation sites (tertiary alicyclic amines) is 1. The molecule has 10 nitrogen and oxygen atoms in total. The van der Waals surface area contributed by atoms with Gasteiger partial charge in [-0.25, -0.2) is 9.78 Å². The molecule has 1 unspecified atom stereocenters. The van der Waals surface area contributed by atoms with Gasteiger partial charge in [0.15, 0.2) is 0 Å². The number of hydrogen-bond donors (Lipinski definition) is 2. The molecule has 2 amide bonds. The normalized spacial score (nSPS) is 24.1. The molecule has 3 aromatic carbocycles. The van der Waals surface area contributed by atoms with Crippen molar-refractivity contribution in [2.24, 2.45) is 11.8 Å². The summed E-state index contributed by atoms with van der Waals surface area (Å²) < 4.78 is 23.9. The summed E-state index contributed by atoms with van der Waals surface area (Å²) in [5.41, 5.74) is 5.23. The molecule has 1 aliphatic carbocycles. The zero-order valence-electron chi connectivity index (χ0n) is 29.4. The fraction of sp³-hybridized carbons (Fsp3) is 0.500. The third kappa shape index (κ3) is 5.19. The maximum Gasteiger partial charge on any atom is 0.494 e. The second kappa shape index (κ2) is 11.5. The number of aromatic amines is 1. The highest BCUT2D eigenvalue weighted by atomic mass is 16.7. The van der Waals surface area contributed by atoms with Crippen molar-refractivity contribution in [3.63, 3.8) is 0 Å². The van der Waals surface area contributed by atoms with Gasteiger partial charge in [0.25, 0.3) is 0 Å². The predicted molar refractivity (Wildman–Crippen MR) is 189 cm³/mol. The van der Waals surface area contributed by atoms with Crippen molar-refractivity contribution in [1.29, 1.82) is 0 Å². The first-order valence-corrected chi connectivity index (χ1v) is 17.6. The maximum absolute atomic E-state index is 14.2. The van der Waals surface area contributed by atoms with Crippen LogP contribution >= 0.6 is 0 Å². The number of nitrogens with zero attached hydrogens (tertiary/aromatic N) is 2. The molecule has 256 valence electrons. The SMILES string of the molecule is COC(=O)N[C@H](C(=O)N1C(c2nc3c(ccc4cc5c(cc43)OCc3cc(B4OC(C)(C)C(C)(C)O4)ccc3-5)[nH]2)C[C@@H]2CCC[C@@H]21)C(C)C. The van der Waals surface area contributed by atoms with Crippen LogP contribution in [0.1, 0.15) is 84.7 Å². The lowest BCUT2D eigenvalue weighted by Gasteiger charge is -2.33. The summed E-state index contributed by atoms with van der Waals surface area (Å²) in [6.45, 7) is 12.6. The molecule has 1 saturated carbocycles. The van der Waals surface area contributed by atoms with E-state index in [2.05, 4.69) is 80.5 Å². The van der Waals surface area contributed by atoms with Gasteiger partial charge in [0.05, 0.1) is 35.4 Å². The number of imidazole rings is 1. The van der Waals surface area contributed by atoms with Gasteiger partial charge in [0, 0.05) is 17.0 Å². The number of H-pyrrole nitrogens is 1. The van der Waals surface area contributed by atoms with E-state index >= 15 is 0 Å². The minimum Gasteiger partial charge on any atom is -0.488 e. The number of rotatable bonds is 5. The Morgan fingerprint density at radius 2 is 1.82 bits per heavy atom. The number of nitrogens with one attached hydrogen (secondary N) is 2. The van der Waals surface area contributed by atoms with Gasteiger partial charge < -0.3 is 34.0 Å². The number of benzene rings is 3. The molecular weight excluding hydrogens is 619 g/mol. The summed E-state index contributed by atoms with van der Waals surface area (Å²) in [5, 5.41) is 4.86. The number of fused-ring (bicyclic) bond motifs is 7. The van der Waals surface area contributed by atoms with Crippen LogP contribution in [0.2, 0.25) is 0 Å². The van der Waals surface area contributed by atoms with E-state index < -0.39 is 30.5 Å². The standard InChI is InChI=1S/C38H45BN4O6/c1-20(2)32(42-36(45)46-7)35(44)43-29-10-8-9-22(29)17-30(43)34-40-28-14-11-21-16-27-25-13-12-24(39-48-37(3,4)38(5,6)49-39)15-23(25)19-47-31(27)18-26(21)33(28)41-34/h11-16,18,20,22,29-30,32H,8-10,17,19H2,1-7H3,(H,40,41)(H,42,45)/t22-,29-,30?,32-/m0/s1. The van der Waals surface area contributed by atoms with Crippen LogP contribution in [-0.4, -0.2) is 64.4 Å². The third-order valence-electron chi connectivity index (χ3n) is 11.7. The van der Waals surface area contributed by atoms with Gasteiger partial charge in [-0.05, 0) is 99.0 Å². The molecule has 4 aliphatic rings. The predicted octanol–water partition coefficient (Wildman–Crippen LogP) is 6.40. The number of carbonyl (C=O) groups excluding carboxylic acids is 2. The van der Waals surface area contributed by atoms with Crippen LogP contribution in [0.5, 0.6) is 5.75 Å². The molecule has 3 fully saturated rings. The number of hydrogen-bond acceptors (Lipinski definition) is 7. The molecule has 4 atom stereocenters. The Bertz CT molecular complexity index is 1970. The van der Waals surface area contributed by atoms with E-state index in [0.717, 1.165) is 81.2 Å². The Kier molecular flexibility index (Phi) is 7.53. The van der Waals surface area contributed by atoms with E-state index in [1.807, 2.05) is 18.7 Å². The van der Waals surface area contributed by atoms with Crippen LogP contribution in [0.3, 0.4) is 0 Å². The van der Waals surface area contributed by atoms with Gasteiger partial charge in [0.2, 0.25) is 5.91 Å². The maximum atomic E-state index is 14.2. The average Bonchev–Trinajstić information content (AvgIpc) is 3.83. The minimum absolute atomic E-state index is 0.0760. The number of ether oxygens (including phenoxy) is 2. The minimum atomic E-state index is -0.681. The first-order chi connectivity index (χ1) is 23.3. The zero-order chi connectivity index (χ0) is 34.4. The fourth-order valence-electron chi connectivity index (χ4n) is 8.32. The van der Waals surface area contributed by atoms with E-state index in [1.165, 1.54) is 7.11 Å². The van der Waals surface area contributed by atoms with Crippen LogP contribution in [-0.2, 0) is 25.4 Å². The molecule has 3 aliphatic heterocycles. The lowest BCUT2D eigenvalue weighted by molar-refractivity contribution is -0.137. The van der Waals surface area contributed by atoms with Crippen molar-refractivity contribution in [2.75, 3.05) is 7.11 Å². The van der Waals surface area contributed by atoms with Gasteiger partial charge in [-0.15, -0.1) is 0 Å². The number of amides is 2. The van der Waals surface area contributed by atoms with Gasteiger partial charge in [0.1, 0.15) is 24.2 Å². The van der Waals surface area contributed by atoms with E-state index in [0.29, 0.717) is 12.5 Å². The zero-order valence-corrected chi connectivity index (χ0v) is 29.4. The molecule has 2 saturated heterocycles. The van der Waals surface area contributed by atoms with E-state index in [1.54, 1.807) is 0 Å². The second-order valence-electron chi connectivity index (χ2n) is 15.6. The van der Waals surface area contributed by atoms with Crippen molar-refractivity contribution in [1.82, 2.24) is 20.2 Å². The van der Waals surface area contributed by atoms with E-state index in [-0.39, 0.29) is 23.9 Å². The van der Waals surface area contributed by atoms with Crippen LogP contribution < -0.4 is 15.5 Å². The third-order valence-corrected chi connectivity index (χ3v) is 11.7. The summed E-state index contributed by atoms with van der Waals surface area (Å²) in [4.78, 5) is 37.2. The highest BCUT2D eigenvalue weighted by Crippen LogP contribution is 2.48. The molecule has 4 aromatic rings. The van der Waals surface area contributed by atoms with Gasteiger partial charge in [-0.2, -0.15) is 0 Å². The van der Waals surface area contributed by atoms with Crippen LogP contribution in [0.4, 0.5) is 4.79 Å². The summed E-state index contributed by atoms with van der Waals surface area (Å²) in [6, 6.07) is 14.1. The molecule has 0 bridgehead atoms. The molecule has 4 heterocycles. The summed E-state index contributed by atoms with van der Waals surface area (Å²) in [6.07, 6.45) is 3.40. The van der Waals surface area contributed by atoms with Crippen LogP contribution in [0.15, 0.2) is 42.5 Å². The van der Waals surface area contributed by atoms with Crippen LogP contribution in [0.25, 0.3) is 32.9 Å². The lowest BCUT2D eigenvalue weighted by Crippen LogP contribution is -2.53. The monoisotopic (exact) mass is 664 g/mol. The number of alkyl carbamates (subject to hydrolysis) is 1. The number of aromatic nitrogens is 2. The average molecular weight is 665 g/mol. The second-order valence-corrected chi connectivity index (χ2v) is 15.6.